The number of nitrogens with zero attached hydrogens (tertiary/aromatic N) is 1. The van der Waals surface area contributed by atoms with Gasteiger partial charge in [-0.1, -0.05) is 30.3 Å². The molecular weight excluding hydrogens is 364 g/mol. The number of hydrogen-bond acceptors (Lipinski definition) is 5. The third-order valence-corrected chi connectivity index (χ3v) is 6.14. The van der Waals surface area contributed by atoms with Crippen LogP contribution in [0.3, 0.4) is 0 Å². The molecular formula is C20H22N2O2S2. The molecule has 1 amide bonds. The second-order valence-electron chi connectivity index (χ2n) is 5.97. The van der Waals surface area contributed by atoms with Gasteiger partial charge in [-0.25, -0.2) is 4.98 Å². The molecule has 26 heavy (non-hydrogen) atoms. The number of aromatic nitrogens is 1. The highest BCUT2D eigenvalue weighted by Gasteiger charge is 2.17. The van der Waals surface area contributed by atoms with Crippen LogP contribution in [-0.4, -0.2) is 24.5 Å². The predicted octanol–water partition coefficient (Wildman–Crippen LogP) is 4.94. The van der Waals surface area contributed by atoms with E-state index in [2.05, 4.69) is 15.7 Å². The molecule has 1 aromatic carbocycles. The molecule has 136 valence electrons. The summed E-state index contributed by atoms with van der Waals surface area (Å²) in [6, 6.07) is 12.0. The number of benzene rings is 1. The predicted molar refractivity (Wildman–Crippen MR) is 108 cm³/mol. The molecule has 0 aliphatic rings. The Hall–Kier alpha value is -2.18. The first kappa shape index (κ1) is 18.6. The van der Waals surface area contributed by atoms with Gasteiger partial charge >= 0.3 is 0 Å². The monoisotopic (exact) mass is 386 g/mol. The molecule has 0 unspecified atom stereocenters. The van der Waals surface area contributed by atoms with Crippen molar-refractivity contribution in [1.29, 1.82) is 0 Å². The van der Waals surface area contributed by atoms with Gasteiger partial charge in [-0.3, -0.25) is 4.79 Å². The van der Waals surface area contributed by atoms with Crippen molar-refractivity contribution < 1.29 is 9.53 Å². The lowest BCUT2D eigenvalue weighted by Crippen LogP contribution is -2.24. The zero-order valence-electron chi connectivity index (χ0n) is 15.0. The molecule has 0 aliphatic carbocycles. The molecule has 0 atom stereocenters. The Morgan fingerprint density at radius 1 is 1.23 bits per heavy atom. The zero-order chi connectivity index (χ0) is 18.4. The van der Waals surface area contributed by atoms with E-state index in [1.165, 1.54) is 16.3 Å². The topological polar surface area (TPSA) is 51.2 Å². The van der Waals surface area contributed by atoms with Crippen molar-refractivity contribution in [3.05, 3.63) is 57.4 Å². The van der Waals surface area contributed by atoms with Crippen LogP contribution in [0, 0.1) is 6.92 Å². The van der Waals surface area contributed by atoms with Crippen LogP contribution in [0.1, 0.15) is 33.2 Å². The first-order valence-corrected chi connectivity index (χ1v) is 10.3. The van der Waals surface area contributed by atoms with Crippen LogP contribution in [-0.2, 0) is 6.42 Å². The minimum absolute atomic E-state index is 0.0703. The number of ether oxygens (including phenoxy) is 1. The van der Waals surface area contributed by atoms with E-state index in [0.29, 0.717) is 17.2 Å². The second-order valence-corrected chi connectivity index (χ2v) is 7.96. The van der Waals surface area contributed by atoms with Gasteiger partial charge in [-0.05, 0) is 37.8 Å². The summed E-state index contributed by atoms with van der Waals surface area (Å²) in [7, 11) is 1.60. The third-order valence-electron chi connectivity index (χ3n) is 3.95. The number of amides is 1. The largest absolute Gasteiger partial charge is 0.495 e. The van der Waals surface area contributed by atoms with Gasteiger partial charge in [0.2, 0.25) is 0 Å². The smallest absolute Gasteiger partial charge is 0.265 e. The fourth-order valence-corrected chi connectivity index (χ4v) is 4.50. The maximum Gasteiger partial charge on any atom is 0.265 e. The molecule has 3 rings (SSSR count). The molecule has 4 nitrogen and oxygen atoms in total. The average Bonchev–Trinajstić information content (AvgIpc) is 3.28. The molecule has 0 spiro atoms. The summed E-state index contributed by atoms with van der Waals surface area (Å²) in [6.07, 6.45) is 2.92. The number of rotatable bonds is 8. The number of thiophene rings is 1. The van der Waals surface area contributed by atoms with Gasteiger partial charge in [0.15, 0.2) is 0 Å². The highest BCUT2D eigenvalue weighted by atomic mass is 32.1. The molecule has 0 bridgehead atoms. The number of carbonyl (C=O) groups excluding carboxylic acids is 1. The van der Waals surface area contributed by atoms with Crippen molar-refractivity contribution in [2.24, 2.45) is 0 Å². The van der Waals surface area contributed by atoms with Crippen LogP contribution < -0.4 is 10.1 Å². The van der Waals surface area contributed by atoms with Crippen LogP contribution in [0.25, 0.3) is 10.4 Å². The summed E-state index contributed by atoms with van der Waals surface area (Å²) in [4.78, 5) is 18.6. The van der Waals surface area contributed by atoms with Crippen LogP contribution in [0.5, 0.6) is 5.75 Å². The Labute approximate surface area is 161 Å². The summed E-state index contributed by atoms with van der Waals surface area (Å²) < 4.78 is 5.40. The summed E-state index contributed by atoms with van der Waals surface area (Å²) in [5, 5.41) is 6.25. The van der Waals surface area contributed by atoms with E-state index < -0.39 is 0 Å². The van der Waals surface area contributed by atoms with E-state index in [9.17, 15) is 4.79 Å². The van der Waals surface area contributed by atoms with Crippen molar-refractivity contribution in [2.45, 2.75) is 26.2 Å². The normalized spacial score (nSPS) is 10.7. The van der Waals surface area contributed by atoms with E-state index in [1.54, 1.807) is 18.4 Å². The fraction of sp³-hybridized carbons (Fsp3) is 0.300. The van der Waals surface area contributed by atoms with Crippen LogP contribution in [0.2, 0.25) is 0 Å². The average molecular weight is 387 g/mol. The molecule has 0 radical (unpaired) electrons. The van der Waals surface area contributed by atoms with Gasteiger partial charge in [0.1, 0.15) is 10.6 Å². The molecule has 3 aromatic rings. The Bertz CT molecular complexity index is 856. The van der Waals surface area contributed by atoms with Gasteiger partial charge in [-0.15, -0.1) is 22.7 Å². The molecule has 6 heteroatoms. The number of methoxy groups -OCH3 is 1. The van der Waals surface area contributed by atoms with Crippen LogP contribution in [0.4, 0.5) is 0 Å². The van der Waals surface area contributed by atoms with Gasteiger partial charge in [-0.2, -0.15) is 0 Å². The van der Waals surface area contributed by atoms with Gasteiger partial charge in [0, 0.05) is 22.5 Å². The number of hydrogen-bond donors (Lipinski definition) is 1. The summed E-state index contributed by atoms with van der Waals surface area (Å²) in [6.45, 7) is 2.67. The van der Waals surface area contributed by atoms with Crippen molar-refractivity contribution in [2.75, 3.05) is 13.7 Å². The van der Waals surface area contributed by atoms with E-state index in [4.69, 9.17) is 4.74 Å². The Morgan fingerprint density at radius 2 is 2.04 bits per heavy atom. The summed E-state index contributed by atoms with van der Waals surface area (Å²) >= 11 is 3.17. The van der Waals surface area contributed by atoms with E-state index in [0.717, 1.165) is 35.4 Å². The van der Waals surface area contributed by atoms with Gasteiger partial charge in [0.25, 0.3) is 5.91 Å². The first-order chi connectivity index (χ1) is 12.7. The molecule has 0 saturated heterocycles. The lowest BCUT2D eigenvalue weighted by atomic mass is 10.2. The number of thiazole rings is 1. The minimum atomic E-state index is -0.0703. The highest BCUT2D eigenvalue weighted by Crippen LogP contribution is 2.36. The number of nitrogens with one attached hydrogen (secondary N) is 1. The first-order valence-electron chi connectivity index (χ1n) is 8.60. The molecule has 2 heterocycles. The standard InChI is InChI=1S/C20H22N2O2S2/c1-14-13-25-18(22-14)10-6-7-11-21-20(23)19-16(24-2)12-17(26-19)15-8-4-3-5-9-15/h3-5,8-9,12-13H,6-7,10-11H2,1-2H3,(H,21,23). The van der Waals surface area contributed by atoms with E-state index in [1.807, 2.05) is 43.3 Å². The lowest BCUT2D eigenvalue weighted by Gasteiger charge is -2.05. The van der Waals surface area contributed by atoms with Crippen molar-refractivity contribution in [3.8, 4) is 16.2 Å². The minimum Gasteiger partial charge on any atom is -0.495 e. The molecule has 2 aromatic heterocycles. The van der Waals surface area contributed by atoms with E-state index >= 15 is 0 Å². The van der Waals surface area contributed by atoms with Crippen molar-refractivity contribution >= 4 is 28.6 Å². The third kappa shape index (κ3) is 4.71. The maximum absolute atomic E-state index is 12.5. The van der Waals surface area contributed by atoms with Gasteiger partial charge < -0.3 is 10.1 Å². The Morgan fingerprint density at radius 3 is 2.73 bits per heavy atom. The quantitative estimate of drug-likeness (QED) is 0.558. The van der Waals surface area contributed by atoms with Gasteiger partial charge in [0.05, 0.1) is 12.1 Å². The number of aryl methyl sites for hydroxylation is 2. The lowest BCUT2D eigenvalue weighted by molar-refractivity contribution is 0.0954. The number of carbonyl (C=O) groups is 1. The highest BCUT2D eigenvalue weighted by molar-refractivity contribution is 7.17. The number of unbranched alkanes of at least 4 members (excludes halogenated alkanes) is 1. The van der Waals surface area contributed by atoms with E-state index in [-0.39, 0.29) is 5.91 Å². The van der Waals surface area contributed by atoms with Crippen molar-refractivity contribution in [1.82, 2.24) is 10.3 Å². The van der Waals surface area contributed by atoms with Crippen molar-refractivity contribution in [3.63, 3.8) is 0 Å². The Balaban J connectivity index is 1.53. The Kier molecular flexibility index (Phi) is 6.41. The summed E-state index contributed by atoms with van der Waals surface area (Å²) in [5.74, 6) is 0.559. The maximum atomic E-state index is 12.5. The summed E-state index contributed by atoms with van der Waals surface area (Å²) in [5.41, 5.74) is 2.17. The molecule has 0 fully saturated rings. The molecule has 1 N–H and O–H groups in total. The van der Waals surface area contributed by atoms with Crippen LogP contribution >= 0.6 is 22.7 Å². The molecule has 0 saturated carbocycles. The second kappa shape index (κ2) is 8.96. The molecule has 0 aliphatic heterocycles. The SMILES string of the molecule is COc1cc(-c2ccccc2)sc1C(=O)NCCCCc1nc(C)cs1. The fourth-order valence-electron chi connectivity index (χ4n) is 2.63. The van der Waals surface area contributed by atoms with Crippen LogP contribution in [0.15, 0.2) is 41.8 Å². The zero-order valence-corrected chi connectivity index (χ0v) is 16.6.